The maximum Gasteiger partial charge on any atom is 0.254 e. The monoisotopic (exact) mass is 405 g/mol. The standard InChI is InChI=1S/C17H21Cl2N3O2.ClH/c18-12-6-11(7-13(19)8-12)17(24)22-5-1-2-15(22)16(23)21-14(9-20)10-3-4-10;/h6-8,10,14-15H,1-5,9,20H2,(H,21,23);1H. The van der Waals surface area contributed by atoms with Crippen LogP contribution in [-0.4, -0.2) is 41.9 Å². The second kappa shape index (κ2) is 8.58. The SMILES string of the molecule is Cl.NCC(NC(=O)C1CCCN1C(=O)c1cc(Cl)cc(Cl)c1)C1CC1. The second-order valence-corrected chi connectivity index (χ2v) is 7.38. The van der Waals surface area contributed by atoms with Crippen molar-refractivity contribution in [2.75, 3.05) is 13.1 Å². The first-order chi connectivity index (χ1) is 11.5. The zero-order valence-electron chi connectivity index (χ0n) is 13.7. The number of carbonyl (C=O) groups excluding carboxylic acids is 2. The number of amides is 2. The molecule has 2 aliphatic rings. The van der Waals surface area contributed by atoms with Gasteiger partial charge < -0.3 is 16.0 Å². The van der Waals surface area contributed by atoms with E-state index in [0.29, 0.717) is 41.0 Å². The van der Waals surface area contributed by atoms with E-state index in [1.54, 1.807) is 23.1 Å². The molecule has 2 fully saturated rings. The molecule has 2 atom stereocenters. The number of hydrogen-bond acceptors (Lipinski definition) is 3. The Kier molecular flexibility index (Phi) is 6.97. The van der Waals surface area contributed by atoms with E-state index in [9.17, 15) is 9.59 Å². The van der Waals surface area contributed by atoms with Crippen LogP contribution in [0.1, 0.15) is 36.0 Å². The summed E-state index contributed by atoms with van der Waals surface area (Å²) in [5, 5.41) is 3.83. The first-order valence-electron chi connectivity index (χ1n) is 8.27. The molecule has 1 aromatic carbocycles. The summed E-state index contributed by atoms with van der Waals surface area (Å²) in [6.07, 6.45) is 3.68. The minimum absolute atomic E-state index is 0. The number of carbonyl (C=O) groups is 2. The molecule has 1 aliphatic heterocycles. The Hall–Kier alpha value is -1.01. The molecule has 1 saturated heterocycles. The molecule has 0 radical (unpaired) electrons. The summed E-state index contributed by atoms with van der Waals surface area (Å²) in [4.78, 5) is 27.0. The Labute approximate surface area is 163 Å². The van der Waals surface area contributed by atoms with Crippen LogP contribution in [0.15, 0.2) is 18.2 Å². The Balaban J connectivity index is 0.00000225. The minimum atomic E-state index is -0.456. The van der Waals surface area contributed by atoms with Crippen LogP contribution in [0, 0.1) is 5.92 Å². The quantitative estimate of drug-likeness (QED) is 0.789. The van der Waals surface area contributed by atoms with Crippen molar-refractivity contribution in [3.8, 4) is 0 Å². The number of rotatable bonds is 5. The van der Waals surface area contributed by atoms with Gasteiger partial charge in [0.25, 0.3) is 5.91 Å². The third-order valence-electron chi connectivity index (χ3n) is 4.70. The van der Waals surface area contributed by atoms with E-state index in [1.165, 1.54) is 0 Å². The summed E-state index contributed by atoms with van der Waals surface area (Å²) in [7, 11) is 0. The lowest BCUT2D eigenvalue weighted by molar-refractivity contribution is -0.125. The van der Waals surface area contributed by atoms with E-state index in [1.807, 2.05) is 0 Å². The van der Waals surface area contributed by atoms with Gasteiger partial charge in [-0.25, -0.2) is 0 Å². The van der Waals surface area contributed by atoms with Gasteiger partial charge in [-0.3, -0.25) is 9.59 Å². The summed E-state index contributed by atoms with van der Waals surface area (Å²) in [5.74, 6) is 0.153. The third-order valence-corrected chi connectivity index (χ3v) is 5.13. The molecule has 1 aromatic rings. The van der Waals surface area contributed by atoms with E-state index in [-0.39, 0.29) is 30.3 Å². The normalized spacial score (nSPS) is 20.8. The zero-order valence-corrected chi connectivity index (χ0v) is 16.0. The molecule has 138 valence electrons. The van der Waals surface area contributed by atoms with Crippen LogP contribution in [0.4, 0.5) is 0 Å². The van der Waals surface area contributed by atoms with Crippen LogP contribution in [0.5, 0.6) is 0 Å². The Morgan fingerprint density at radius 1 is 1.20 bits per heavy atom. The highest BCUT2D eigenvalue weighted by Gasteiger charge is 2.38. The predicted octanol–water partition coefficient (Wildman–Crippen LogP) is 2.87. The van der Waals surface area contributed by atoms with E-state index in [4.69, 9.17) is 28.9 Å². The Bertz CT molecular complexity index is 632. The number of nitrogens with zero attached hydrogens (tertiary/aromatic N) is 1. The number of halogens is 3. The molecule has 5 nitrogen and oxygen atoms in total. The van der Waals surface area contributed by atoms with Crippen molar-refractivity contribution in [2.45, 2.75) is 37.8 Å². The van der Waals surface area contributed by atoms with Gasteiger partial charge in [-0.05, 0) is 49.8 Å². The van der Waals surface area contributed by atoms with E-state index in [2.05, 4.69) is 5.32 Å². The number of nitrogens with one attached hydrogen (secondary N) is 1. The molecule has 0 spiro atoms. The van der Waals surface area contributed by atoms with Gasteiger partial charge in [0.1, 0.15) is 6.04 Å². The van der Waals surface area contributed by atoms with Gasteiger partial charge >= 0.3 is 0 Å². The van der Waals surface area contributed by atoms with Crippen LogP contribution >= 0.6 is 35.6 Å². The van der Waals surface area contributed by atoms with Crippen molar-refractivity contribution < 1.29 is 9.59 Å². The number of benzene rings is 1. The lowest BCUT2D eigenvalue weighted by Crippen LogP contribution is -2.51. The maximum atomic E-state index is 12.8. The summed E-state index contributed by atoms with van der Waals surface area (Å²) in [5.41, 5.74) is 6.16. The van der Waals surface area contributed by atoms with Crippen molar-refractivity contribution in [1.82, 2.24) is 10.2 Å². The number of likely N-dealkylation sites (tertiary alicyclic amines) is 1. The lowest BCUT2D eigenvalue weighted by atomic mass is 10.1. The highest BCUT2D eigenvalue weighted by molar-refractivity contribution is 6.35. The van der Waals surface area contributed by atoms with Gasteiger partial charge in [-0.15, -0.1) is 12.4 Å². The molecular weight excluding hydrogens is 385 g/mol. The van der Waals surface area contributed by atoms with Gasteiger partial charge in [0.2, 0.25) is 5.91 Å². The van der Waals surface area contributed by atoms with Gasteiger partial charge in [0.15, 0.2) is 0 Å². The Morgan fingerprint density at radius 2 is 1.84 bits per heavy atom. The minimum Gasteiger partial charge on any atom is -0.350 e. The first-order valence-corrected chi connectivity index (χ1v) is 9.02. The average molecular weight is 407 g/mol. The summed E-state index contributed by atoms with van der Waals surface area (Å²) in [6.45, 7) is 0.985. The van der Waals surface area contributed by atoms with Gasteiger partial charge in [-0.2, -0.15) is 0 Å². The fourth-order valence-electron chi connectivity index (χ4n) is 3.27. The summed E-state index contributed by atoms with van der Waals surface area (Å²) < 4.78 is 0. The van der Waals surface area contributed by atoms with Crippen molar-refractivity contribution in [3.63, 3.8) is 0 Å². The molecule has 2 amide bonds. The molecule has 25 heavy (non-hydrogen) atoms. The van der Waals surface area contributed by atoms with E-state index in [0.717, 1.165) is 19.3 Å². The van der Waals surface area contributed by atoms with Crippen molar-refractivity contribution in [2.24, 2.45) is 11.7 Å². The summed E-state index contributed by atoms with van der Waals surface area (Å²) in [6, 6.07) is 4.29. The zero-order chi connectivity index (χ0) is 17.3. The predicted molar refractivity (Wildman–Crippen MR) is 101 cm³/mol. The molecule has 1 saturated carbocycles. The summed E-state index contributed by atoms with van der Waals surface area (Å²) >= 11 is 12.0. The van der Waals surface area contributed by atoms with Gasteiger partial charge in [0, 0.05) is 34.7 Å². The second-order valence-electron chi connectivity index (χ2n) is 6.50. The largest absolute Gasteiger partial charge is 0.350 e. The number of hydrogen-bond donors (Lipinski definition) is 2. The smallest absolute Gasteiger partial charge is 0.254 e. The van der Waals surface area contributed by atoms with Crippen molar-refractivity contribution >= 4 is 47.4 Å². The van der Waals surface area contributed by atoms with Crippen molar-refractivity contribution in [1.29, 1.82) is 0 Å². The van der Waals surface area contributed by atoms with Crippen LogP contribution in [0.3, 0.4) is 0 Å². The van der Waals surface area contributed by atoms with E-state index >= 15 is 0 Å². The number of nitrogens with two attached hydrogens (primary N) is 1. The van der Waals surface area contributed by atoms with E-state index < -0.39 is 6.04 Å². The first kappa shape index (κ1) is 20.3. The third kappa shape index (κ3) is 4.79. The molecule has 8 heteroatoms. The highest BCUT2D eigenvalue weighted by Crippen LogP contribution is 2.32. The van der Waals surface area contributed by atoms with Crippen LogP contribution in [-0.2, 0) is 4.79 Å². The van der Waals surface area contributed by atoms with Crippen LogP contribution < -0.4 is 11.1 Å². The molecule has 1 heterocycles. The molecule has 3 rings (SSSR count). The molecule has 2 unspecified atom stereocenters. The molecule has 0 bridgehead atoms. The molecule has 0 aromatic heterocycles. The molecule has 1 aliphatic carbocycles. The van der Waals surface area contributed by atoms with Gasteiger partial charge in [0.05, 0.1) is 0 Å². The molecular formula is C17H22Cl3N3O2. The van der Waals surface area contributed by atoms with Crippen LogP contribution in [0.25, 0.3) is 0 Å². The Morgan fingerprint density at radius 3 is 2.40 bits per heavy atom. The maximum absolute atomic E-state index is 12.8. The highest BCUT2D eigenvalue weighted by atomic mass is 35.5. The van der Waals surface area contributed by atoms with Gasteiger partial charge in [-0.1, -0.05) is 23.2 Å². The fourth-order valence-corrected chi connectivity index (χ4v) is 3.80. The average Bonchev–Trinajstić information content (AvgIpc) is 3.26. The topological polar surface area (TPSA) is 75.4 Å². The molecule has 3 N–H and O–H groups in total. The lowest BCUT2D eigenvalue weighted by Gasteiger charge is -2.26. The van der Waals surface area contributed by atoms with Crippen molar-refractivity contribution in [3.05, 3.63) is 33.8 Å². The van der Waals surface area contributed by atoms with Crippen LogP contribution in [0.2, 0.25) is 10.0 Å². The fraction of sp³-hybridized carbons (Fsp3) is 0.529.